The molecule has 2 N–H and O–H groups in total. The Morgan fingerprint density at radius 2 is 1.79 bits per heavy atom. The Bertz CT molecular complexity index is 556. The zero-order valence-electron chi connectivity index (χ0n) is 10.7. The fourth-order valence-electron chi connectivity index (χ4n) is 1.95. The summed E-state index contributed by atoms with van der Waals surface area (Å²) in [5, 5.41) is 0. The molecule has 0 spiro atoms. The van der Waals surface area contributed by atoms with Crippen LogP contribution in [-0.4, -0.2) is 13.6 Å². The van der Waals surface area contributed by atoms with Crippen molar-refractivity contribution in [1.29, 1.82) is 0 Å². The van der Waals surface area contributed by atoms with Crippen LogP contribution in [0.5, 0.6) is 0 Å². The maximum atomic E-state index is 13.4. The third-order valence-corrected chi connectivity index (χ3v) is 3.06. The van der Waals surface area contributed by atoms with Crippen LogP contribution in [0.15, 0.2) is 42.5 Å². The molecule has 0 aliphatic heterocycles. The average Bonchev–Trinajstić information content (AvgIpc) is 2.41. The molecule has 0 atom stereocenters. The molecular weight excluding hydrogens is 246 g/mol. The number of rotatable bonds is 4. The summed E-state index contributed by atoms with van der Waals surface area (Å²) in [5.74, 6) is -1.34. The molecule has 0 aliphatic carbocycles. The molecule has 0 aliphatic rings. The molecule has 0 saturated carbocycles. The molecule has 0 bridgehead atoms. The van der Waals surface area contributed by atoms with E-state index in [1.165, 1.54) is 11.6 Å². The standard InChI is InChI=1S/C15H16F2N2/c1-19(8-7-11-5-3-2-4-6-11)14-10-12(16)9-13(17)15(14)18/h2-6,9-10H,7-8,18H2,1H3. The van der Waals surface area contributed by atoms with Crippen molar-refractivity contribution in [3.05, 3.63) is 59.7 Å². The lowest BCUT2D eigenvalue weighted by molar-refractivity contribution is 0.585. The van der Waals surface area contributed by atoms with Crippen LogP contribution in [0, 0.1) is 11.6 Å². The van der Waals surface area contributed by atoms with Crippen molar-refractivity contribution in [2.45, 2.75) is 6.42 Å². The number of benzene rings is 2. The van der Waals surface area contributed by atoms with E-state index in [0.29, 0.717) is 12.2 Å². The Morgan fingerprint density at radius 1 is 1.11 bits per heavy atom. The van der Waals surface area contributed by atoms with Gasteiger partial charge in [-0.1, -0.05) is 30.3 Å². The molecule has 2 aromatic rings. The van der Waals surface area contributed by atoms with Gasteiger partial charge in [0, 0.05) is 19.7 Å². The lowest BCUT2D eigenvalue weighted by Crippen LogP contribution is -2.22. The summed E-state index contributed by atoms with van der Waals surface area (Å²) in [4.78, 5) is 1.76. The van der Waals surface area contributed by atoms with E-state index in [2.05, 4.69) is 0 Å². The number of halogens is 2. The van der Waals surface area contributed by atoms with E-state index < -0.39 is 11.6 Å². The molecule has 2 aromatic carbocycles. The second-order valence-electron chi connectivity index (χ2n) is 4.48. The number of hydrogen-bond donors (Lipinski definition) is 1. The van der Waals surface area contributed by atoms with Crippen LogP contribution < -0.4 is 10.6 Å². The first-order valence-corrected chi connectivity index (χ1v) is 6.07. The molecule has 0 radical (unpaired) electrons. The van der Waals surface area contributed by atoms with Gasteiger partial charge in [0.15, 0.2) is 5.82 Å². The van der Waals surface area contributed by atoms with E-state index >= 15 is 0 Å². The maximum Gasteiger partial charge on any atom is 0.151 e. The Hall–Kier alpha value is -2.10. The first-order valence-electron chi connectivity index (χ1n) is 6.07. The highest BCUT2D eigenvalue weighted by Gasteiger charge is 2.11. The van der Waals surface area contributed by atoms with Crippen molar-refractivity contribution >= 4 is 11.4 Å². The van der Waals surface area contributed by atoms with Crippen LogP contribution in [0.1, 0.15) is 5.56 Å². The van der Waals surface area contributed by atoms with Gasteiger partial charge in [-0.15, -0.1) is 0 Å². The molecule has 0 amide bonds. The van der Waals surface area contributed by atoms with Gasteiger partial charge in [-0.3, -0.25) is 0 Å². The predicted molar refractivity (Wildman–Crippen MR) is 74.2 cm³/mol. The molecule has 0 unspecified atom stereocenters. The molecule has 2 rings (SSSR count). The van der Waals surface area contributed by atoms with Gasteiger partial charge in [-0.25, -0.2) is 8.78 Å². The van der Waals surface area contributed by atoms with E-state index in [1.54, 1.807) is 11.9 Å². The monoisotopic (exact) mass is 262 g/mol. The Balaban J connectivity index is 2.10. The highest BCUT2D eigenvalue weighted by Crippen LogP contribution is 2.26. The summed E-state index contributed by atoms with van der Waals surface area (Å²) >= 11 is 0. The first kappa shape index (κ1) is 13.3. The van der Waals surface area contributed by atoms with Crippen LogP contribution >= 0.6 is 0 Å². The quantitative estimate of drug-likeness (QED) is 0.857. The van der Waals surface area contributed by atoms with Gasteiger partial charge in [0.05, 0.1) is 11.4 Å². The molecule has 0 saturated heterocycles. The van der Waals surface area contributed by atoms with Crippen LogP contribution in [0.2, 0.25) is 0 Å². The number of likely N-dealkylation sites (N-methyl/N-ethyl adjacent to an activating group) is 1. The number of anilines is 2. The van der Waals surface area contributed by atoms with Crippen LogP contribution in [0.3, 0.4) is 0 Å². The fraction of sp³-hybridized carbons (Fsp3) is 0.200. The summed E-state index contributed by atoms with van der Waals surface area (Å²) in [5.41, 5.74) is 7.18. The lowest BCUT2D eigenvalue weighted by atomic mass is 10.1. The largest absolute Gasteiger partial charge is 0.395 e. The number of nitrogens with zero attached hydrogens (tertiary/aromatic N) is 1. The summed E-state index contributed by atoms with van der Waals surface area (Å²) in [6.07, 6.45) is 0.787. The van der Waals surface area contributed by atoms with Crippen molar-refractivity contribution < 1.29 is 8.78 Å². The molecular formula is C15H16F2N2. The van der Waals surface area contributed by atoms with Gasteiger partial charge < -0.3 is 10.6 Å². The number of nitrogens with two attached hydrogens (primary N) is 1. The van der Waals surface area contributed by atoms with Gasteiger partial charge in [0.2, 0.25) is 0 Å². The highest BCUT2D eigenvalue weighted by atomic mass is 19.1. The highest BCUT2D eigenvalue weighted by molar-refractivity contribution is 5.68. The summed E-state index contributed by atoms with van der Waals surface area (Å²) < 4.78 is 26.6. The third kappa shape index (κ3) is 3.22. The van der Waals surface area contributed by atoms with Crippen molar-refractivity contribution in [2.75, 3.05) is 24.2 Å². The molecule has 0 heterocycles. The van der Waals surface area contributed by atoms with Crippen molar-refractivity contribution in [2.24, 2.45) is 0 Å². The second kappa shape index (κ2) is 5.69. The molecule has 100 valence electrons. The van der Waals surface area contributed by atoms with E-state index in [-0.39, 0.29) is 5.69 Å². The molecule has 2 nitrogen and oxygen atoms in total. The minimum atomic E-state index is -0.721. The van der Waals surface area contributed by atoms with E-state index in [9.17, 15) is 8.78 Å². The normalized spacial score (nSPS) is 10.5. The average molecular weight is 262 g/mol. The lowest BCUT2D eigenvalue weighted by Gasteiger charge is -2.21. The first-order chi connectivity index (χ1) is 9.08. The zero-order valence-corrected chi connectivity index (χ0v) is 10.7. The van der Waals surface area contributed by atoms with Gasteiger partial charge in [-0.2, -0.15) is 0 Å². The molecule has 0 fully saturated rings. The van der Waals surface area contributed by atoms with Crippen LogP contribution in [0.25, 0.3) is 0 Å². The Morgan fingerprint density at radius 3 is 2.47 bits per heavy atom. The van der Waals surface area contributed by atoms with Crippen LogP contribution in [0.4, 0.5) is 20.2 Å². The van der Waals surface area contributed by atoms with Crippen molar-refractivity contribution in [3.63, 3.8) is 0 Å². The van der Waals surface area contributed by atoms with E-state index in [4.69, 9.17) is 5.73 Å². The Labute approximate surface area is 111 Å². The van der Waals surface area contributed by atoms with Gasteiger partial charge in [0.25, 0.3) is 0 Å². The van der Waals surface area contributed by atoms with Crippen LogP contribution in [-0.2, 0) is 6.42 Å². The van der Waals surface area contributed by atoms with Gasteiger partial charge in [0.1, 0.15) is 5.82 Å². The summed E-state index contributed by atoms with van der Waals surface area (Å²) in [6.45, 7) is 0.636. The Kier molecular flexibility index (Phi) is 4.00. The molecule has 19 heavy (non-hydrogen) atoms. The minimum absolute atomic E-state index is 0.0167. The topological polar surface area (TPSA) is 29.3 Å². The summed E-state index contributed by atoms with van der Waals surface area (Å²) in [6, 6.07) is 12.0. The smallest absolute Gasteiger partial charge is 0.151 e. The fourth-order valence-corrected chi connectivity index (χ4v) is 1.95. The number of hydrogen-bond acceptors (Lipinski definition) is 2. The SMILES string of the molecule is CN(CCc1ccccc1)c1cc(F)cc(F)c1N. The van der Waals surface area contributed by atoms with Crippen molar-refractivity contribution in [3.8, 4) is 0 Å². The zero-order chi connectivity index (χ0) is 13.8. The third-order valence-electron chi connectivity index (χ3n) is 3.06. The molecule has 0 aromatic heterocycles. The minimum Gasteiger partial charge on any atom is -0.395 e. The van der Waals surface area contributed by atoms with Crippen molar-refractivity contribution in [1.82, 2.24) is 0 Å². The van der Waals surface area contributed by atoms with Gasteiger partial charge >= 0.3 is 0 Å². The maximum absolute atomic E-state index is 13.4. The summed E-state index contributed by atoms with van der Waals surface area (Å²) in [7, 11) is 1.77. The molecule has 4 heteroatoms. The van der Waals surface area contributed by atoms with Gasteiger partial charge in [-0.05, 0) is 18.1 Å². The second-order valence-corrected chi connectivity index (χ2v) is 4.48. The predicted octanol–water partition coefficient (Wildman–Crippen LogP) is 3.23. The van der Waals surface area contributed by atoms with E-state index in [1.807, 2.05) is 30.3 Å². The number of nitrogen functional groups attached to an aromatic ring is 1. The van der Waals surface area contributed by atoms with E-state index in [0.717, 1.165) is 12.5 Å².